The molecular weight excluding hydrogens is 553 g/mol. The lowest BCUT2D eigenvalue weighted by Gasteiger charge is -2.28. The number of carbonyl (C=O) groups excluding carboxylic acids is 1. The Kier molecular flexibility index (Phi) is 8.78. The number of fused-ring (bicyclic) bond motifs is 1. The molecule has 4 heterocycles. The van der Waals surface area contributed by atoms with Crippen LogP contribution in [0.4, 0.5) is 15.9 Å². The predicted octanol–water partition coefficient (Wildman–Crippen LogP) is 5.65. The molecule has 1 aromatic heterocycles. The van der Waals surface area contributed by atoms with E-state index < -0.39 is 5.67 Å². The second-order valence-corrected chi connectivity index (χ2v) is 11.3. The molecule has 0 radical (unpaired) electrons. The van der Waals surface area contributed by atoms with Gasteiger partial charge in [-0.05, 0) is 86.2 Å². The van der Waals surface area contributed by atoms with Gasteiger partial charge in [0.05, 0.1) is 19.8 Å². The van der Waals surface area contributed by atoms with Crippen molar-refractivity contribution < 1.29 is 32.9 Å². The Morgan fingerprint density at radius 1 is 1.09 bits per heavy atom. The van der Waals surface area contributed by atoms with E-state index in [-0.39, 0.29) is 18.8 Å². The molecule has 3 aliphatic rings. The maximum absolute atomic E-state index is 14.8. The number of benzene rings is 2. The van der Waals surface area contributed by atoms with Crippen LogP contribution in [-0.2, 0) is 19.9 Å². The molecule has 10 heteroatoms. The summed E-state index contributed by atoms with van der Waals surface area (Å²) in [4.78, 5) is 20.2. The number of halogens is 1. The molecule has 43 heavy (non-hydrogen) atoms. The minimum atomic E-state index is -1.63. The fraction of sp³-hybridized carbons (Fsp3) is 0.455. The highest BCUT2D eigenvalue weighted by molar-refractivity contribution is 6.05. The number of rotatable bonds is 9. The normalized spacial score (nSPS) is 21.7. The summed E-state index contributed by atoms with van der Waals surface area (Å²) >= 11 is 0. The quantitative estimate of drug-likeness (QED) is 0.320. The first-order valence-corrected chi connectivity index (χ1v) is 15.0. The highest BCUT2D eigenvalue weighted by atomic mass is 19.1. The molecule has 6 rings (SSSR count). The van der Waals surface area contributed by atoms with Gasteiger partial charge in [0.15, 0.2) is 12.0 Å². The van der Waals surface area contributed by atoms with Crippen molar-refractivity contribution in [3.8, 4) is 22.8 Å². The van der Waals surface area contributed by atoms with Crippen LogP contribution in [0.2, 0.25) is 0 Å². The van der Waals surface area contributed by atoms with Gasteiger partial charge in [0.1, 0.15) is 24.8 Å². The summed E-state index contributed by atoms with van der Waals surface area (Å²) in [5.74, 6) is 1.45. The Bertz CT molecular complexity index is 1450. The van der Waals surface area contributed by atoms with E-state index in [1.165, 1.54) is 6.92 Å². The Balaban J connectivity index is 1.21. The summed E-state index contributed by atoms with van der Waals surface area (Å²) in [6.07, 6.45) is 2.91. The van der Waals surface area contributed by atoms with Gasteiger partial charge < -0.3 is 33.9 Å². The molecule has 1 amide bonds. The van der Waals surface area contributed by atoms with Crippen LogP contribution in [0.1, 0.15) is 47.7 Å². The summed E-state index contributed by atoms with van der Waals surface area (Å²) < 4.78 is 43.4. The topological polar surface area (TPSA) is 91.4 Å². The zero-order chi connectivity index (χ0) is 29.8. The lowest BCUT2D eigenvalue weighted by atomic mass is 9.97. The number of hydrogen-bond donors (Lipinski definition) is 1. The van der Waals surface area contributed by atoms with Crippen molar-refractivity contribution in [2.75, 3.05) is 62.9 Å². The van der Waals surface area contributed by atoms with Crippen LogP contribution < -0.4 is 19.7 Å². The van der Waals surface area contributed by atoms with Crippen molar-refractivity contribution in [3.05, 3.63) is 65.2 Å². The van der Waals surface area contributed by atoms with Gasteiger partial charge in [-0.15, -0.1) is 0 Å². The number of hydrogen-bond acceptors (Lipinski definition) is 8. The Labute approximate surface area is 251 Å². The van der Waals surface area contributed by atoms with Gasteiger partial charge in [0.2, 0.25) is 5.88 Å². The minimum absolute atomic E-state index is 0.0548. The second kappa shape index (κ2) is 12.9. The van der Waals surface area contributed by atoms with Crippen LogP contribution in [0.5, 0.6) is 11.6 Å². The molecule has 3 aliphatic heterocycles. The van der Waals surface area contributed by atoms with Crippen LogP contribution in [0.15, 0.2) is 48.5 Å². The molecule has 1 N–H and O–H groups in total. The van der Waals surface area contributed by atoms with Crippen LogP contribution >= 0.6 is 0 Å². The third-order valence-corrected chi connectivity index (χ3v) is 8.01. The van der Waals surface area contributed by atoms with E-state index in [0.717, 1.165) is 61.5 Å². The number of morpholine rings is 1. The van der Waals surface area contributed by atoms with E-state index in [4.69, 9.17) is 28.7 Å². The SMILES string of the molecule is Cc1ccc(NC(=O)c2ccc3c(c2)C(C)(F)CO3)cc1-c1cc(OCCOC2CCCCO2)nc(N2CCOCC2)c1. The molecule has 228 valence electrons. The Morgan fingerprint density at radius 2 is 1.95 bits per heavy atom. The predicted molar refractivity (Wildman–Crippen MR) is 161 cm³/mol. The van der Waals surface area contributed by atoms with E-state index >= 15 is 0 Å². The van der Waals surface area contributed by atoms with Crippen molar-refractivity contribution >= 4 is 17.4 Å². The van der Waals surface area contributed by atoms with Crippen LogP contribution in [-0.4, -0.2) is 69.9 Å². The summed E-state index contributed by atoms with van der Waals surface area (Å²) in [6, 6.07) is 14.6. The van der Waals surface area contributed by atoms with E-state index in [9.17, 15) is 9.18 Å². The van der Waals surface area contributed by atoms with E-state index in [0.29, 0.717) is 54.9 Å². The third-order valence-electron chi connectivity index (χ3n) is 8.01. The number of alkyl halides is 1. The number of nitrogens with zero attached hydrogens (tertiary/aromatic N) is 2. The van der Waals surface area contributed by atoms with Crippen LogP contribution in [0, 0.1) is 6.92 Å². The maximum Gasteiger partial charge on any atom is 0.255 e. The fourth-order valence-corrected chi connectivity index (χ4v) is 5.55. The Morgan fingerprint density at radius 3 is 2.77 bits per heavy atom. The highest BCUT2D eigenvalue weighted by Crippen LogP contribution is 2.40. The first-order valence-electron chi connectivity index (χ1n) is 15.0. The molecule has 0 spiro atoms. The molecule has 2 unspecified atom stereocenters. The van der Waals surface area contributed by atoms with Crippen molar-refractivity contribution in [1.29, 1.82) is 0 Å². The van der Waals surface area contributed by atoms with Crippen molar-refractivity contribution in [2.24, 2.45) is 0 Å². The van der Waals surface area contributed by atoms with Crippen LogP contribution in [0.25, 0.3) is 11.1 Å². The average Bonchev–Trinajstić information content (AvgIpc) is 3.34. The van der Waals surface area contributed by atoms with Gasteiger partial charge in [-0.25, -0.2) is 4.39 Å². The zero-order valence-electron chi connectivity index (χ0n) is 24.7. The van der Waals surface area contributed by atoms with Gasteiger partial charge in [-0.2, -0.15) is 4.98 Å². The fourth-order valence-electron chi connectivity index (χ4n) is 5.55. The number of carbonyl (C=O) groups is 1. The Hall–Kier alpha value is -3.73. The molecule has 2 atom stereocenters. The summed E-state index contributed by atoms with van der Waals surface area (Å²) in [5.41, 5.74) is 2.64. The smallest absolute Gasteiger partial charge is 0.255 e. The largest absolute Gasteiger partial charge is 0.489 e. The number of amides is 1. The van der Waals surface area contributed by atoms with E-state index in [1.807, 2.05) is 37.3 Å². The molecule has 0 bridgehead atoms. The first kappa shape index (κ1) is 29.3. The standard InChI is InChI=1S/C33H38FN3O6/c1-22-6-8-25(35-32(38)23-7-9-28-27(17-23)33(2,34)21-43-28)20-26(22)24-18-29(37-10-13-39-14-11-37)36-30(19-24)40-15-16-42-31-5-3-4-12-41-31/h6-9,17-20,31H,3-5,10-16,21H2,1-2H3,(H,35,38). The molecule has 3 aromatic rings. The molecule has 0 aliphatic carbocycles. The number of aryl methyl sites for hydroxylation is 1. The molecule has 0 saturated carbocycles. The summed E-state index contributed by atoms with van der Waals surface area (Å²) in [5, 5.41) is 2.98. The van der Waals surface area contributed by atoms with E-state index in [1.54, 1.807) is 18.2 Å². The van der Waals surface area contributed by atoms with Crippen molar-refractivity contribution in [3.63, 3.8) is 0 Å². The summed E-state index contributed by atoms with van der Waals surface area (Å²) in [6.45, 7) is 7.64. The van der Waals surface area contributed by atoms with Gasteiger partial charge in [-0.1, -0.05) is 6.07 Å². The number of aromatic nitrogens is 1. The number of ether oxygens (including phenoxy) is 5. The van der Waals surface area contributed by atoms with Gasteiger partial charge in [0.25, 0.3) is 5.91 Å². The molecule has 2 aromatic carbocycles. The van der Waals surface area contributed by atoms with Gasteiger partial charge in [0, 0.05) is 42.6 Å². The average molecular weight is 592 g/mol. The lowest BCUT2D eigenvalue weighted by Crippen LogP contribution is -2.36. The number of nitrogens with one attached hydrogen (secondary N) is 1. The first-order chi connectivity index (χ1) is 20.9. The monoisotopic (exact) mass is 591 g/mol. The van der Waals surface area contributed by atoms with E-state index in [2.05, 4.69) is 10.2 Å². The van der Waals surface area contributed by atoms with Gasteiger partial charge in [-0.3, -0.25) is 4.79 Å². The maximum atomic E-state index is 14.8. The third kappa shape index (κ3) is 6.92. The number of anilines is 2. The van der Waals surface area contributed by atoms with Gasteiger partial charge >= 0.3 is 0 Å². The molecule has 2 fully saturated rings. The molecular formula is C33H38FN3O6. The van der Waals surface area contributed by atoms with Crippen LogP contribution in [0.3, 0.4) is 0 Å². The minimum Gasteiger partial charge on any atom is -0.489 e. The summed E-state index contributed by atoms with van der Waals surface area (Å²) in [7, 11) is 0. The van der Waals surface area contributed by atoms with Crippen molar-refractivity contribution in [1.82, 2.24) is 4.98 Å². The van der Waals surface area contributed by atoms with Crippen molar-refractivity contribution in [2.45, 2.75) is 45.1 Å². The molecule has 2 saturated heterocycles. The second-order valence-electron chi connectivity index (χ2n) is 11.3. The number of pyridine rings is 1. The lowest BCUT2D eigenvalue weighted by molar-refractivity contribution is -0.165. The highest BCUT2D eigenvalue weighted by Gasteiger charge is 2.37. The zero-order valence-corrected chi connectivity index (χ0v) is 24.7. The molecule has 9 nitrogen and oxygen atoms in total.